The molecule has 7 nitrogen and oxygen atoms in total. The van der Waals surface area contributed by atoms with Crippen molar-refractivity contribution in [3.63, 3.8) is 0 Å². The van der Waals surface area contributed by atoms with E-state index in [-0.39, 0.29) is 11.8 Å². The molecule has 0 N–H and O–H groups in total. The Morgan fingerprint density at radius 3 is 2.46 bits per heavy atom. The number of nitrogens with zero attached hydrogens (tertiary/aromatic N) is 4. The highest BCUT2D eigenvalue weighted by atomic mass is 35.5. The minimum Gasteiger partial charge on any atom is -0.494 e. The number of piperidine rings is 1. The van der Waals surface area contributed by atoms with Crippen molar-refractivity contribution in [2.45, 2.75) is 50.4 Å². The topological polar surface area (TPSA) is 75.6 Å². The van der Waals surface area contributed by atoms with Crippen molar-refractivity contribution in [1.29, 1.82) is 0 Å². The van der Waals surface area contributed by atoms with E-state index in [1.807, 2.05) is 18.5 Å². The van der Waals surface area contributed by atoms with E-state index < -0.39 is 5.41 Å². The van der Waals surface area contributed by atoms with Gasteiger partial charge >= 0.3 is 0 Å². The van der Waals surface area contributed by atoms with Crippen molar-refractivity contribution in [2.24, 2.45) is 11.3 Å². The first-order valence-corrected chi connectivity index (χ1v) is 12.9. The van der Waals surface area contributed by atoms with Crippen LogP contribution in [0.2, 0.25) is 5.02 Å². The van der Waals surface area contributed by atoms with Gasteiger partial charge in [0.1, 0.15) is 12.1 Å². The van der Waals surface area contributed by atoms with Crippen molar-refractivity contribution in [2.75, 3.05) is 33.8 Å². The molecule has 2 heterocycles. The fraction of sp³-hybridized carbons (Fsp3) is 0.556. The number of halogens is 1. The van der Waals surface area contributed by atoms with Crippen LogP contribution in [0, 0.1) is 11.3 Å². The van der Waals surface area contributed by atoms with E-state index in [0.29, 0.717) is 34.3 Å². The zero-order valence-electron chi connectivity index (χ0n) is 20.5. The minimum absolute atomic E-state index is 0.119. The molecule has 35 heavy (non-hydrogen) atoms. The number of rotatable bonds is 7. The lowest BCUT2D eigenvalue weighted by Gasteiger charge is -2.45. The highest BCUT2D eigenvalue weighted by molar-refractivity contribution is 6.34. The highest BCUT2D eigenvalue weighted by Crippen LogP contribution is 2.61. The average Bonchev–Trinajstić information content (AvgIpc) is 3.50. The summed E-state index contributed by atoms with van der Waals surface area (Å²) < 4.78 is 5.96. The van der Waals surface area contributed by atoms with E-state index in [4.69, 9.17) is 16.3 Å². The van der Waals surface area contributed by atoms with Gasteiger partial charge in [0.25, 0.3) is 5.91 Å². The number of ether oxygens (including phenoxy) is 1. The second-order valence-corrected chi connectivity index (χ2v) is 11.0. The number of benzene rings is 1. The lowest BCUT2D eigenvalue weighted by molar-refractivity contribution is -0.142. The number of hydrogen-bond acceptors (Lipinski definition) is 5. The van der Waals surface area contributed by atoms with Crippen LogP contribution in [-0.4, -0.2) is 65.4 Å². The third-order valence-corrected chi connectivity index (χ3v) is 8.76. The summed E-state index contributed by atoms with van der Waals surface area (Å²) in [6.45, 7) is 2.30. The van der Waals surface area contributed by atoms with Gasteiger partial charge in [0.15, 0.2) is 0 Å². The molecule has 1 saturated heterocycles. The average molecular weight is 497 g/mol. The summed E-state index contributed by atoms with van der Waals surface area (Å²) in [5, 5.41) is 0.410. The molecule has 5 rings (SSSR count). The van der Waals surface area contributed by atoms with Gasteiger partial charge < -0.3 is 14.5 Å². The fourth-order valence-corrected chi connectivity index (χ4v) is 6.18. The monoisotopic (exact) mass is 496 g/mol. The normalized spacial score (nSPS) is 21.8. The number of amides is 2. The van der Waals surface area contributed by atoms with Gasteiger partial charge in [0.2, 0.25) is 5.91 Å². The van der Waals surface area contributed by atoms with Crippen molar-refractivity contribution in [3.8, 4) is 5.75 Å². The lowest BCUT2D eigenvalue weighted by Crippen LogP contribution is -2.53. The van der Waals surface area contributed by atoms with Crippen LogP contribution in [-0.2, 0) is 10.2 Å². The summed E-state index contributed by atoms with van der Waals surface area (Å²) in [7, 11) is 3.41. The van der Waals surface area contributed by atoms with Gasteiger partial charge in [0.05, 0.1) is 22.6 Å². The lowest BCUT2D eigenvalue weighted by atomic mass is 9.64. The van der Waals surface area contributed by atoms with Crippen LogP contribution in [0.3, 0.4) is 0 Å². The van der Waals surface area contributed by atoms with Crippen molar-refractivity contribution < 1.29 is 14.3 Å². The van der Waals surface area contributed by atoms with Gasteiger partial charge in [-0.25, -0.2) is 9.97 Å². The van der Waals surface area contributed by atoms with Crippen molar-refractivity contribution >= 4 is 23.4 Å². The van der Waals surface area contributed by atoms with Crippen molar-refractivity contribution in [1.82, 2.24) is 19.8 Å². The van der Waals surface area contributed by atoms with E-state index in [1.165, 1.54) is 17.6 Å². The predicted molar refractivity (Wildman–Crippen MR) is 133 cm³/mol. The Kier molecular flexibility index (Phi) is 6.47. The Morgan fingerprint density at radius 2 is 1.86 bits per heavy atom. The molecule has 1 aromatic carbocycles. The van der Waals surface area contributed by atoms with Crippen LogP contribution in [0.15, 0.2) is 36.9 Å². The molecule has 3 fully saturated rings. The molecule has 2 aliphatic carbocycles. The summed E-state index contributed by atoms with van der Waals surface area (Å²) in [6.07, 6.45) is 12.4. The minimum atomic E-state index is -0.406. The molecular weight excluding hydrogens is 464 g/mol. The van der Waals surface area contributed by atoms with Crippen LogP contribution >= 0.6 is 11.6 Å². The Balaban J connectivity index is 1.10. The summed E-state index contributed by atoms with van der Waals surface area (Å²) in [5.41, 5.74) is 1.41. The maximum absolute atomic E-state index is 13.5. The maximum atomic E-state index is 13.5. The SMILES string of the molecule is CN(C)C(=O)c1ccc(OCCC2CC23CCN(C(=O)C2(c4cncnc4)CCC2)CC3)cc1Cl. The Bertz CT molecular complexity index is 1090. The first-order chi connectivity index (χ1) is 16.8. The Hall–Kier alpha value is -2.67. The van der Waals surface area contributed by atoms with Gasteiger partial charge in [-0.3, -0.25) is 9.59 Å². The van der Waals surface area contributed by atoms with Crippen LogP contribution in [0.25, 0.3) is 0 Å². The standard InChI is InChI=1S/C27H33ClN4O3/c1-31(2)24(33)22-5-4-21(14-23(22)28)35-13-6-19-15-26(19)9-11-32(12-10-26)25(34)27(7-3-8-27)20-16-29-18-30-17-20/h4-5,14,16-19H,3,6-13,15H2,1-2H3. The summed E-state index contributed by atoms with van der Waals surface area (Å²) >= 11 is 6.30. The maximum Gasteiger partial charge on any atom is 0.254 e. The van der Waals surface area contributed by atoms with E-state index in [9.17, 15) is 9.59 Å². The van der Waals surface area contributed by atoms with Crippen LogP contribution in [0.4, 0.5) is 0 Å². The number of likely N-dealkylation sites (tertiary alicyclic amines) is 1. The number of aromatic nitrogens is 2. The Labute approximate surface area is 211 Å². The first kappa shape index (κ1) is 24.0. The number of hydrogen-bond donors (Lipinski definition) is 0. The molecule has 1 aromatic heterocycles. The molecule has 1 spiro atoms. The molecular formula is C27H33ClN4O3. The van der Waals surface area contributed by atoms with Crippen molar-refractivity contribution in [3.05, 3.63) is 53.1 Å². The van der Waals surface area contributed by atoms with Crippen LogP contribution in [0.5, 0.6) is 5.75 Å². The molecule has 0 bridgehead atoms. The largest absolute Gasteiger partial charge is 0.494 e. The summed E-state index contributed by atoms with van der Waals surface area (Å²) in [4.78, 5) is 37.5. The zero-order valence-corrected chi connectivity index (χ0v) is 21.3. The van der Waals surface area contributed by atoms with Gasteiger partial charge in [-0.2, -0.15) is 0 Å². The molecule has 8 heteroatoms. The van der Waals surface area contributed by atoms with E-state index in [0.717, 1.165) is 57.2 Å². The Morgan fingerprint density at radius 1 is 1.14 bits per heavy atom. The smallest absolute Gasteiger partial charge is 0.254 e. The van der Waals surface area contributed by atoms with E-state index >= 15 is 0 Å². The zero-order chi connectivity index (χ0) is 24.6. The molecule has 1 atom stereocenters. The number of carbonyl (C=O) groups is 2. The highest BCUT2D eigenvalue weighted by Gasteiger charge is 2.56. The third kappa shape index (κ3) is 4.51. The molecule has 0 radical (unpaired) electrons. The third-order valence-electron chi connectivity index (χ3n) is 8.45. The van der Waals surface area contributed by atoms with E-state index in [2.05, 4.69) is 14.9 Å². The molecule has 2 aromatic rings. The van der Waals surface area contributed by atoms with Crippen LogP contribution in [0.1, 0.15) is 60.9 Å². The molecule has 2 amide bonds. The molecule has 186 valence electrons. The summed E-state index contributed by atoms with van der Waals surface area (Å²) in [6, 6.07) is 5.25. The second-order valence-electron chi connectivity index (χ2n) is 10.6. The first-order valence-electron chi connectivity index (χ1n) is 12.5. The fourth-order valence-electron chi connectivity index (χ4n) is 5.93. The molecule has 1 aliphatic heterocycles. The molecule has 1 unspecified atom stereocenters. The predicted octanol–water partition coefficient (Wildman–Crippen LogP) is 4.35. The molecule has 2 saturated carbocycles. The van der Waals surface area contributed by atoms with Gasteiger partial charge in [-0.15, -0.1) is 0 Å². The van der Waals surface area contributed by atoms with E-state index in [1.54, 1.807) is 26.2 Å². The molecule has 3 aliphatic rings. The van der Waals surface area contributed by atoms with Gasteiger partial charge in [-0.1, -0.05) is 18.0 Å². The number of carbonyl (C=O) groups excluding carboxylic acids is 2. The second kappa shape index (κ2) is 9.41. The summed E-state index contributed by atoms with van der Waals surface area (Å²) in [5.74, 6) is 1.48. The quantitative estimate of drug-likeness (QED) is 0.569. The van der Waals surface area contributed by atoms with Gasteiger partial charge in [-0.05, 0) is 68.1 Å². The van der Waals surface area contributed by atoms with Gasteiger partial charge in [0, 0.05) is 45.1 Å². The van der Waals surface area contributed by atoms with Crippen LogP contribution < -0.4 is 4.74 Å².